The molecule has 0 spiro atoms. The quantitative estimate of drug-likeness (QED) is 0.738. The maximum absolute atomic E-state index is 13.2. The van der Waals surface area contributed by atoms with Crippen LogP contribution in [0.25, 0.3) is 0 Å². The smallest absolute Gasteiger partial charge is 0.233 e. The van der Waals surface area contributed by atoms with Crippen LogP contribution in [-0.4, -0.2) is 39.8 Å². The molecule has 1 aliphatic heterocycles. The van der Waals surface area contributed by atoms with Crippen molar-refractivity contribution in [2.24, 2.45) is 11.8 Å². The normalized spacial score (nSPS) is 22.3. The summed E-state index contributed by atoms with van der Waals surface area (Å²) < 4.78 is 14.0. The molecule has 2 aliphatic rings. The van der Waals surface area contributed by atoms with Crippen molar-refractivity contribution >= 4 is 39.8 Å². The van der Waals surface area contributed by atoms with Gasteiger partial charge in [0, 0.05) is 18.8 Å². The molecule has 5 nitrogen and oxygen atoms in total. The van der Waals surface area contributed by atoms with Gasteiger partial charge in [-0.05, 0) is 42.9 Å². The van der Waals surface area contributed by atoms with E-state index in [2.05, 4.69) is 15.5 Å². The van der Waals surface area contributed by atoms with Crippen LogP contribution in [0.15, 0.2) is 28.6 Å². The van der Waals surface area contributed by atoms with Crippen LogP contribution in [-0.2, 0) is 4.79 Å². The van der Waals surface area contributed by atoms with Gasteiger partial charge in [0.2, 0.25) is 11.0 Å². The largest absolute Gasteiger partial charge is 0.342 e. The van der Waals surface area contributed by atoms with E-state index in [-0.39, 0.29) is 11.7 Å². The fraction of sp³-hybridized carbons (Fsp3) is 0.526. The Balaban J connectivity index is 1.27. The van der Waals surface area contributed by atoms with Crippen LogP contribution in [0.3, 0.4) is 0 Å². The number of carbonyl (C=O) groups is 1. The number of nitrogens with zero attached hydrogens (tertiary/aromatic N) is 3. The van der Waals surface area contributed by atoms with E-state index in [1.165, 1.54) is 60.9 Å². The number of hydrogen-bond acceptors (Lipinski definition) is 6. The third-order valence-electron chi connectivity index (χ3n) is 5.45. The van der Waals surface area contributed by atoms with Crippen LogP contribution in [0, 0.1) is 17.7 Å². The van der Waals surface area contributed by atoms with Gasteiger partial charge >= 0.3 is 0 Å². The van der Waals surface area contributed by atoms with E-state index in [0.717, 1.165) is 29.8 Å². The SMILES string of the molecule is O=C(CSc1nnc(Nc2cccc(F)c2)s1)N1CC[C@@H]2CCCC[C@H]2C1. The van der Waals surface area contributed by atoms with E-state index in [1.807, 2.05) is 4.90 Å². The Labute approximate surface area is 166 Å². The molecule has 0 bridgehead atoms. The number of fused-ring (bicyclic) bond motifs is 1. The number of rotatable bonds is 5. The van der Waals surface area contributed by atoms with Gasteiger partial charge in [0.1, 0.15) is 5.82 Å². The molecule has 1 aromatic carbocycles. The van der Waals surface area contributed by atoms with E-state index in [9.17, 15) is 9.18 Å². The fourth-order valence-corrected chi connectivity index (χ4v) is 5.73. The van der Waals surface area contributed by atoms with Gasteiger partial charge in [-0.2, -0.15) is 0 Å². The first-order valence-corrected chi connectivity index (χ1v) is 11.2. The predicted octanol–water partition coefficient (Wildman–Crippen LogP) is 4.55. The molecule has 1 N–H and O–H groups in total. The highest BCUT2D eigenvalue weighted by Crippen LogP contribution is 2.36. The van der Waals surface area contributed by atoms with E-state index in [0.29, 0.717) is 22.5 Å². The van der Waals surface area contributed by atoms with Crippen molar-refractivity contribution in [3.05, 3.63) is 30.1 Å². The molecule has 0 radical (unpaired) electrons. The third-order valence-corrected chi connectivity index (χ3v) is 7.40. The number of nitrogens with one attached hydrogen (secondary N) is 1. The maximum atomic E-state index is 13.2. The van der Waals surface area contributed by atoms with Crippen molar-refractivity contribution in [3.8, 4) is 0 Å². The lowest BCUT2D eigenvalue weighted by Gasteiger charge is -2.41. The molecule has 8 heteroatoms. The van der Waals surface area contributed by atoms with Crippen molar-refractivity contribution in [3.63, 3.8) is 0 Å². The van der Waals surface area contributed by atoms with Crippen LogP contribution >= 0.6 is 23.1 Å². The molecule has 2 fully saturated rings. The maximum Gasteiger partial charge on any atom is 0.233 e. The fourth-order valence-electron chi connectivity index (χ4n) is 4.05. The summed E-state index contributed by atoms with van der Waals surface area (Å²) in [6, 6.07) is 6.22. The first kappa shape index (κ1) is 18.7. The Bertz CT molecular complexity index is 800. The van der Waals surface area contributed by atoms with Gasteiger partial charge in [0.15, 0.2) is 4.34 Å². The number of carbonyl (C=O) groups excluding carboxylic acids is 1. The van der Waals surface area contributed by atoms with Crippen molar-refractivity contribution in [1.29, 1.82) is 0 Å². The summed E-state index contributed by atoms with van der Waals surface area (Å²) in [6.45, 7) is 1.82. The zero-order chi connectivity index (χ0) is 18.6. The number of hydrogen-bond donors (Lipinski definition) is 1. The van der Waals surface area contributed by atoms with Gasteiger partial charge in [-0.1, -0.05) is 48.4 Å². The molecule has 1 saturated carbocycles. The van der Waals surface area contributed by atoms with E-state index >= 15 is 0 Å². The monoisotopic (exact) mass is 406 g/mol. The topological polar surface area (TPSA) is 58.1 Å². The second-order valence-electron chi connectivity index (χ2n) is 7.23. The Kier molecular flexibility index (Phi) is 5.92. The number of likely N-dealkylation sites (tertiary alicyclic amines) is 1. The summed E-state index contributed by atoms with van der Waals surface area (Å²) in [4.78, 5) is 14.6. The van der Waals surface area contributed by atoms with Gasteiger partial charge in [0.25, 0.3) is 0 Å². The zero-order valence-electron chi connectivity index (χ0n) is 15.1. The third kappa shape index (κ3) is 4.79. The highest BCUT2D eigenvalue weighted by Gasteiger charge is 2.32. The van der Waals surface area contributed by atoms with Crippen molar-refractivity contribution < 1.29 is 9.18 Å². The Morgan fingerprint density at radius 3 is 2.96 bits per heavy atom. The molecule has 2 heterocycles. The number of amides is 1. The molecule has 1 aromatic heterocycles. The van der Waals surface area contributed by atoms with Crippen LogP contribution in [0.5, 0.6) is 0 Å². The van der Waals surface area contributed by atoms with Crippen LogP contribution in [0.1, 0.15) is 32.1 Å². The van der Waals surface area contributed by atoms with Gasteiger partial charge in [0.05, 0.1) is 5.75 Å². The molecule has 1 amide bonds. The van der Waals surface area contributed by atoms with E-state index in [1.54, 1.807) is 12.1 Å². The van der Waals surface area contributed by atoms with E-state index < -0.39 is 0 Å². The lowest BCUT2D eigenvalue weighted by molar-refractivity contribution is -0.131. The summed E-state index contributed by atoms with van der Waals surface area (Å²) in [5.41, 5.74) is 0.633. The average molecular weight is 407 g/mol. The molecule has 27 heavy (non-hydrogen) atoms. The minimum atomic E-state index is -0.300. The summed E-state index contributed by atoms with van der Waals surface area (Å²) in [5, 5.41) is 11.8. The number of aromatic nitrogens is 2. The molecular formula is C19H23FN4OS2. The molecular weight excluding hydrogens is 383 g/mol. The molecule has 144 valence electrons. The van der Waals surface area contributed by atoms with Crippen molar-refractivity contribution in [2.45, 2.75) is 36.4 Å². The Morgan fingerprint density at radius 2 is 2.11 bits per heavy atom. The number of piperidine rings is 1. The standard InChI is InChI=1S/C19H23FN4OS2/c20-15-6-3-7-16(10-15)21-18-22-23-19(27-18)26-12-17(25)24-9-8-13-4-1-2-5-14(13)11-24/h3,6-7,10,13-14H,1-2,4-5,8-9,11-12H2,(H,21,22)/t13-,14-/m0/s1. The molecule has 2 atom stereocenters. The van der Waals surface area contributed by atoms with Gasteiger partial charge < -0.3 is 10.2 Å². The van der Waals surface area contributed by atoms with Crippen LogP contribution < -0.4 is 5.32 Å². The second-order valence-corrected chi connectivity index (χ2v) is 9.43. The van der Waals surface area contributed by atoms with E-state index in [4.69, 9.17) is 0 Å². The van der Waals surface area contributed by atoms with Crippen molar-refractivity contribution in [1.82, 2.24) is 15.1 Å². The van der Waals surface area contributed by atoms with Crippen molar-refractivity contribution in [2.75, 3.05) is 24.2 Å². The molecule has 1 saturated heterocycles. The summed E-state index contributed by atoms with van der Waals surface area (Å²) in [7, 11) is 0. The zero-order valence-corrected chi connectivity index (χ0v) is 16.7. The second kappa shape index (κ2) is 8.56. The molecule has 2 aromatic rings. The summed E-state index contributed by atoms with van der Waals surface area (Å²) in [5.74, 6) is 1.82. The number of anilines is 2. The molecule has 0 unspecified atom stereocenters. The minimum Gasteiger partial charge on any atom is -0.342 e. The van der Waals surface area contributed by atoms with Gasteiger partial charge in [-0.25, -0.2) is 4.39 Å². The van der Waals surface area contributed by atoms with Gasteiger partial charge in [-0.15, -0.1) is 10.2 Å². The lowest BCUT2D eigenvalue weighted by atomic mass is 9.75. The van der Waals surface area contributed by atoms with Crippen LogP contribution in [0.2, 0.25) is 0 Å². The number of thioether (sulfide) groups is 1. The number of benzene rings is 1. The average Bonchev–Trinajstić information content (AvgIpc) is 3.13. The first-order valence-electron chi connectivity index (χ1n) is 9.44. The highest BCUT2D eigenvalue weighted by atomic mass is 32.2. The summed E-state index contributed by atoms with van der Waals surface area (Å²) >= 11 is 2.80. The summed E-state index contributed by atoms with van der Waals surface area (Å²) in [6.07, 6.45) is 6.43. The van der Waals surface area contributed by atoms with Gasteiger partial charge in [-0.3, -0.25) is 4.79 Å². The number of halogens is 1. The first-order chi connectivity index (χ1) is 13.2. The Hall–Kier alpha value is -1.67. The highest BCUT2D eigenvalue weighted by molar-refractivity contribution is 8.01. The van der Waals surface area contributed by atoms with Crippen LogP contribution in [0.4, 0.5) is 15.2 Å². The predicted molar refractivity (Wildman–Crippen MR) is 107 cm³/mol. The molecule has 4 rings (SSSR count). The minimum absolute atomic E-state index is 0.193. The Morgan fingerprint density at radius 1 is 1.26 bits per heavy atom. The molecule has 1 aliphatic carbocycles. The lowest BCUT2D eigenvalue weighted by Crippen LogP contribution is -2.45.